The lowest BCUT2D eigenvalue weighted by Gasteiger charge is -2.32. The van der Waals surface area contributed by atoms with Gasteiger partial charge in [0.05, 0.1) is 6.04 Å². The molecule has 1 aromatic heterocycles. The highest BCUT2D eigenvalue weighted by Gasteiger charge is 2.29. The fraction of sp³-hybridized carbons (Fsp3) is 0.412. The van der Waals surface area contributed by atoms with Gasteiger partial charge in [0, 0.05) is 0 Å². The zero-order chi connectivity index (χ0) is 13.9. The van der Waals surface area contributed by atoms with Crippen molar-refractivity contribution < 1.29 is 4.42 Å². The number of benzene rings is 1. The molecule has 0 saturated carbocycles. The number of fused-ring (bicyclic) bond motifs is 1. The van der Waals surface area contributed by atoms with Gasteiger partial charge >= 0.3 is 0 Å². The van der Waals surface area contributed by atoms with Crippen LogP contribution in [0.3, 0.4) is 0 Å². The molecule has 0 spiro atoms. The molecular weight excluding hydrogens is 270 g/mol. The normalized spacial score (nSPS) is 18.4. The van der Waals surface area contributed by atoms with Crippen molar-refractivity contribution in [1.82, 2.24) is 5.32 Å². The Kier molecular flexibility index (Phi) is 4.13. The van der Waals surface area contributed by atoms with Crippen molar-refractivity contribution in [2.24, 2.45) is 0 Å². The van der Waals surface area contributed by atoms with E-state index in [0.29, 0.717) is 11.1 Å². The second-order valence-corrected chi connectivity index (χ2v) is 5.86. The molecule has 3 heteroatoms. The number of hydrogen-bond acceptors (Lipinski definition) is 2. The fourth-order valence-electron chi connectivity index (χ4n) is 2.99. The van der Waals surface area contributed by atoms with Gasteiger partial charge in [-0.15, -0.1) is 0 Å². The van der Waals surface area contributed by atoms with Gasteiger partial charge in [-0.1, -0.05) is 31.2 Å². The van der Waals surface area contributed by atoms with E-state index in [4.69, 9.17) is 16.0 Å². The summed E-state index contributed by atoms with van der Waals surface area (Å²) in [5.41, 5.74) is 2.98. The van der Waals surface area contributed by atoms with E-state index in [1.165, 1.54) is 17.5 Å². The Bertz CT molecular complexity index is 578. The zero-order valence-corrected chi connectivity index (χ0v) is 12.5. The van der Waals surface area contributed by atoms with Crippen molar-refractivity contribution in [2.75, 3.05) is 6.54 Å². The predicted octanol–water partition coefficient (Wildman–Crippen LogP) is 4.70. The maximum atomic E-state index is 5.91. The third-order valence-corrected chi connectivity index (χ3v) is 4.26. The topological polar surface area (TPSA) is 25.2 Å². The Hall–Kier alpha value is -1.25. The first-order valence-electron chi connectivity index (χ1n) is 7.34. The van der Waals surface area contributed by atoms with Crippen LogP contribution in [-0.2, 0) is 6.42 Å². The van der Waals surface area contributed by atoms with E-state index in [2.05, 4.69) is 36.5 Å². The summed E-state index contributed by atoms with van der Waals surface area (Å²) in [6.07, 6.45) is 3.36. The van der Waals surface area contributed by atoms with Crippen LogP contribution < -0.4 is 5.32 Å². The smallest absolute Gasteiger partial charge is 0.193 e. The highest BCUT2D eigenvalue weighted by atomic mass is 35.5. The summed E-state index contributed by atoms with van der Waals surface area (Å²) in [5, 5.41) is 4.05. The van der Waals surface area contributed by atoms with Crippen LogP contribution in [0.25, 0.3) is 0 Å². The van der Waals surface area contributed by atoms with Gasteiger partial charge in [0.1, 0.15) is 5.76 Å². The molecule has 1 aromatic carbocycles. The molecule has 0 aliphatic heterocycles. The first-order chi connectivity index (χ1) is 9.78. The van der Waals surface area contributed by atoms with Crippen molar-refractivity contribution in [2.45, 2.75) is 38.1 Å². The molecule has 0 bridgehead atoms. The Morgan fingerprint density at radius 2 is 2.15 bits per heavy atom. The lowest BCUT2D eigenvalue weighted by Crippen LogP contribution is -2.27. The molecule has 20 heavy (non-hydrogen) atoms. The number of furan rings is 1. The Morgan fingerprint density at radius 3 is 2.85 bits per heavy atom. The molecule has 106 valence electrons. The molecule has 1 aliphatic carbocycles. The van der Waals surface area contributed by atoms with Gasteiger partial charge in [-0.3, -0.25) is 0 Å². The highest BCUT2D eigenvalue weighted by molar-refractivity contribution is 6.28. The monoisotopic (exact) mass is 289 g/mol. The summed E-state index contributed by atoms with van der Waals surface area (Å²) < 4.78 is 5.60. The molecule has 2 nitrogen and oxygen atoms in total. The summed E-state index contributed by atoms with van der Waals surface area (Å²) in [7, 11) is 0. The molecular formula is C17H20ClNO. The number of hydrogen-bond donors (Lipinski definition) is 1. The van der Waals surface area contributed by atoms with E-state index in [1.54, 1.807) is 0 Å². The van der Waals surface area contributed by atoms with Crippen LogP contribution in [0, 0.1) is 0 Å². The average molecular weight is 290 g/mol. The Labute approximate surface area is 125 Å². The molecule has 2 aromatic rings. The van der Waals surface area contributed by atoms with Crippen LogP contribution in [0.2, 0.25) is 5.22 Å². The van der Waals surface area contributed by atoms with Crippen LogP contribution in [-0.4, -0.2) is 6.54 Å². The van der Waals surface area contributed by atoms with E-state index in [0.717, 1.165) is 25.1 Å². The Morgan fingerprint density at radius 1 is 1.30 bits per heavy atom. The van der Waals surface area contributed by atoms with Crippen LogP contribution in [0.4, 0.5) is 0 Å². The molecule has 0 fully saturated rings. The lowest BCUT2D eigenvalue weighted by molar-refractivity contribution is 0.363. The van der Waals surface area contributed by atoms with Gasteiger partial charge in [0.25, 0.3) is 0 Å². The Balaban J connectivity index is 1.71. The van der Waals surface area contributed by atoms with Gasteiger partial charge in [-0.2, -0.15) is 0 Å². The highest BCUT2D eigenvalue weighted by Crippen LogP contribution is 2.41. The van der Waals surface area contributed by atoms with Gasteiger partial charge in [0.2, 0.25) is 0 Å². The molecule has 1 aliphatic rings. The minimum Gasteiger partial charge on any atom is -0.448 e. The summed E-state index contributed by atoms with van der Waals surface area (Å²) >= 11 is 5.91. The van der Waals surface area contributed by atoms with E-state index < -0.39 is 0 Å². The molecule has 1 heterocycles. The van der Waals surface area contributed by atoms with Crippen molar-refractivity contribution >= 4 is 11.6 Å². The fourth-order valence-corrected chi connectivity index (χ4v) is 3.14. The predicted molar refractivity (Wildman–Crippen MR) is 82.3 cm³/mol. The average Bonchev–Trinajstić information content (AvgIpc) is 2.86. The maximum Gasteiger partial charge on any atom is 0.193 e. The number of rotatable bonds is 6. The summed E-state index contributed by atoms with van der Waals surface area (Å²) in [6, 6.07) is 12.8. The van der Waals surface area contributed by atoms with E-state index >= 15 is 0 Å². The minimum atomic E-state index is 0.251. The van der Waals surface area contributed by atoms with Crippen LogP contribution in [0.1, 0.15) is 48.6 Å². The molecule has 1 N–H and O–H groups in total. The van der Waals surface area contributed by atoms with Gasteiger partial charge < -0.3 is 9.73 Å². The van der Waals surface area contributed by atoms with Gasteiger partial charge in [0.15, 0.2) is 5.22 Å². The SMILES string of the molecule is CCCNC(CC1Cc2ccccc21)c1ccc(Cl)o1. The second-order valence-electron chi connectivity index (χ2n) is 5.48. The first kappa shape index (κ1) is 13.7. The van der Waals surface area contributed by atoms with Gasteiger partial charge in [-0.05, 0) is 66.6 Å². The first-order valence-corrected chi connectivity index (χ1v) is 7.72. The quantitative estimate of drug-likeness (QED) is 0.833. The minimum absolute atomic E-state index is 0.251. The van der Waals surface area contributed by atoms with E-state index in [1.807, 2.05) is 12.1 Å². The molecule has 3 rings (SSSR count). The van der Waals surface area contributed by atoms with Crippen molar-refractivity contribution in [3.63, 3.8) is 0 Å². The third-order valence-electron chi connectivity index (χ3n) is 4.06. The van der Waals surface area contributed by atoms with Crippen LogP contribution in [0.5, 0.6) is 0 Å². The summed E-state index contributed by atoms with van der Waals surface area (Å²) in [6.45, 7) is 3.18. The van der Waals surface area contributed by atoms with Crippen LogP contribution >= 0.6 is 11.6 Å². The molecule has 2 atom stereocenters. The van der Waals surface area contributed by atoms with Crippen molar-refractivity contribution in [1.29, 1.82) is 0 Å². The maximum absolute atomic E-state index is 5.91. The largest absolute Gasteiger partial charge is 0.448 e. The zero-order valence-electron chi connectivity index (χ0n) is 11.7. The number of nitrogens with one attached hydrogen (secondary N) is 1. The molecule has 2 unspecified atom stereocenters. The summed E-state index contributed by atoms with van der Waals surface area (Å²) in [4.78, 5) is 0. The lowest BCUT2D eigenvalue weighted by atomic mass is 9.74. The van der Waals surface area contributed by atoms with Gasteiger partial charge in [-0.25, -0.2) is 0 Å². The second kappa shape index (κ2) is 6.02. The molecule has 0 radical (unpaired) electrons. The molecule has 0 saturated heterocycles. The third kappa shape index (κ3) is 2.77. The molecule has 0 amide bonds. The van der Waals surface area contributed by atoms with Crippen molar-refractivity contribution in [3.8, 4) is 0 Å². The van der Waals surface area contributed by atoms with E-state index in [-0.39, 0.29) is 6.04 Å². The van der Waals surface area contributed by atoms with Crippen molar-refractivity contribution in [3.05, 3.63) is 58.5 Å². The van der Waals surface area contributed by atoms with Crippen LogP contribution in [0.15, 0.2) is 40.8 Å². The van der Waals surface area contributed by atoms with E-state index in [9.17, 15) is 0 Å². The number of halogens is 1. The summed E-state index contributed by atoms with van der Waals surface area (Å²) in [5.74, 6) is 1.58. The standard InChI is InChI=1S/C17H20ClNO/c1-2-9-19-15(16-7-8-17(18)20-16)11-13-10-12-5-3-4-6-14(12)13/h3-8,13,15,19H,2,9-11H2,1H3.